The Kier molecular flexibility index (Phi) is 9.21. The molecule has 2 fully saturated rings. The molecule has 3 heterocycles. The van der Waals surface area contributed by atoms with Crippen LogP contribution in [0.25, 0.3) is 0 Å². The van der Waals surface area contributed by atoms with Gasteiger partial charge >= 0.3 is 0 Å². The van der Waals surface area contributed by atoms with E-state index in [1.165, 1.54) is 32.4 Å². The van der Waals surface area contributed by atoms with Crippen LogP contribution in [0, 0.1) is 0 Å². The zero-order chi connectivity index (χ0) is 21.2. The van der Waals surface area contributed by atoms with E-state index < -0.39 is 0 Å². The van der Waals surface area contributed by atoms with Crippen LogP contribution >= 0.6 is 0 Å². The number of aliphatic imine (C=N–C) groups is 1. The summed E-state index contributed by atoms with van der Waals surface area (Å²) in [5, 5.41) is 6.85. The van der Waals surface area contributed by atoms with E-state index in [2.05, 4.69) is 63.3 Å². The van der Waals surface area contributed by atoms with Crippen molar-refractivity contribution in [3.8, 4) is 0 Å². The van der Waals surface area contributed by atoms with E-state index in [0.29, 0.717) is 6.54 Å². The number of hydrogen-bond donors (Lipinski definition) is 2. The van der Waals surface area contributed by atoms with Gasteiger partial charge in [0.1, 0.15) is 5.82 Å². The average Bonchev–Trinajstić information content (AvgIpc) is 2.77. The number of nitrogens with one attached hydrogen (secondary N) is 2. The largest absolute Gasteiger partial charge is 0.357 e. The quantitative estimate of drug-likeness (QED) is 0.385. The average molecular weight is 416 g/mol. The van der Waals surface area contributed by atoms with E-state index in [1.807, 2.05) is 6.20 Å². The number of anilines is 1. The molecule has 2 aliphatic heterocycles. The van der Waals surface area contributed by atoms with Crippen LogP contribution in [0.1, 0.15) is 45.1 Å². The summed E-state index contributed by atoms with van der Waals surface area (Å²) in [6.07, 6.45) is 7.20. The number of piperidine rings is 1. The lowest BCUT2D eigenvalue weighted by atomic mass is 10.0. The Morgan fingerprint density at radius 1 is 1.13 bits per heavy atom. The minimum Gasteiger partial charge on any atom is -0.357 e. The van der Waals surface area contributed by atoms with Crippen molar-refractivity contribution in [2.45, 2.75) is 52.1 Å². The van der Waals surface area contributed by atoms with Gasteiger partial charge in [0.15, 0.2) is 5.96 Å². The van der Waals surface area contributed by atoms with Crippen molar-refractivity contribution in [2.75, 3.05) is 64.3 Å². The van der Waals surface area contributed by atoms with Gasteiger partial charge in [-0.1, -0.05) is 12.5 Å². The Morgan fingerprint density at radius 3 is 2.67 bits per heavy atom. The van der Waals surface area contributed by atoms with Crippen molar-refractivity contribution in [1.29, 1.82) is 0 Å². The Hall–Kier alpha value is -1.86. The van der Waals surface area contributed by atoms with Gasteiger partial charge in [0.25, 0.3) is 0 Å². The molecule has 2 saturated heterocycles. The maximum atomic E-state index is 4.76. The van der Waals surface area contributed by atoms with Gasteiger partial charge in [-0.2, -0.15) is 0 Å². The summed E-state index contributed by atoms with van der Waals surface area (Å²) in [5.41, 5.74) is 1.15. The highest BCUT2D eigenvalue weighted by Crippen LogP contribution is 2.16. The smallest absolute Gasteiger partial charge is 0.191 e. The molecule has 7 nitrogen and oxygen atoms in total. The van der Waals surface area contributed by atoms with Crippen molar-refractivity contribution >= 4 is 11.8 Å². The topological polar surface area (TPSA) is 59.0 Å². The predicted molar refractivity (Wildman–Crippen MR) is 126 cm³/mol. The third kappa shape index (κ3) is 7.13. The first-order chi connectivity index (χ1) is 14.7. The lowest BCUT2D eigenvalue weighted by molar-refractivity contribution is 0.159. The first-order valence-electron chi connectivity index (χ1n) is 11.8. The normalized spacial score (nSPS) is 21.6. The van der Waals surface area contributed by atoms with Crippen molar-refractivity contribution in [3.63, 3.8) is 0 Å². The highest BCUT2D eigenvalue weighted by atomic mass is 15.3. The van der Waals surface area contributed by atoms with E-state index in [4.69, 9.17) is 4.99 Å². The Labute approximate surface area is 182 Å². The molecule has 0 amide bonds. The van der Waals surface area contributed by atoms with E-state index in [1.54, 1.807) is 0 Å². The molecule has 0 saturated carbocycles. The second-order valence-corrected chi connectivity index (χ2v) is 8.67. The minimum absolute atomic E-state index is 0.647. The minimum atomic E-state index is 0.647. The number of pyridine rings is 1. The van der Waals surface area contributed by atoms with Crippen LogP contribution in [-0.2, 0) is 6.54 Å². The molecule has 1 aromatic rings. The molecular formula is C23H41N7. The van der Waals surface area contributed by atoms with Gasteiger partial charge in [0, 0.05) is 58.1 Å². The summed E-state index contributed by atoms with van der Waals surface area (Å²) in [5.74, 6) is 1.97. The van der Waals surface area contributed by atoms with Crippen molar-refractivity contribution in [3.05, 3.63) is 23.9 Å². The van der Waals surface area contributed by atoms with Crippen LogP contribution in [-0.4, -0.2) is 86.2 Å². The van der Waals surface area contributed by atoms with Crippen LogP contribution in [0.2, 0.25) is 0 Å². The standard InChI is InChI=1S/C23H41N7/c1-4-24-23(25-11-7-13-29-12-6-5-8-20(29)2)27-19-21-9-10-22(26-18-21)30-16-14-28(3)15-17-30/h9-10,18,20H,4-8,11-17,19H2,1-3H3,(H2,24,25,27). The summed E-state index contributed by atoms with van der Waals surface area (Å²) in [6.45, 7) is 13.7. The van der Waals surface area contributed by atoms with Gasteiger partial charge in [-0.15, -0.1) is 0 Å². The van der Waals surface area contributed by atoms with Crippen molar-refractivity contribution in [1.82, 2.24) is 25.4 Å². The second kappa shape index (κ2) is 12.1. The number of aromatic nitrogens is 1. The molecule has 0 spiro atoms. The van der Waals surface area contributed by atoms with E-state index in [9.17, 15) is 0 Å². The van der Waals surface area contributed by atoms with Crippen LogP contribution < -0.4 is 15.5 Å². The molecule has 0 bridgehead atoms. The third-order valence-electron chi connectivity index (χ3n) is 6.26. The summed E-state index contributed by atoms with van der Waals surface area (Å²) < 4.78 is 0. The van der Waals surface area contributed by atoms with Gasteiger partial charge in [0.05, 0.1) is 6.54 Å². The van der Waals surface area contributed by atoms with Crippen molar-refractivity contribution < 1.29 is 0 Å². The predicted octanol–water partition coefficient (Wildman–Crippen LogP) is 2.15. The highest BCUT2D eigenvalue weighted by molar-refractivity contribution is 5.79. The van der Waals surface area contributed by atoms with Gasteiger partial charge in [0.2, 0.25) is 0 Å². The SMILES string of the molecule is CCNC(=NCc1ccc(N2CCN(C)CC2)nc1)NCCCN1CCCCC1C. The van der Waals surface area contributed by atoms with Crippen molar-refractivity contribution in [2.24, 2.45) is 4.99 Å². The van der Waals surface area contributed by atoms with Gasteiger partial charge in [-0.25, -0.2) is 9.98 Å². The van der Waals surface area contributed by atoms with Crippen LogP contribution in [0.5, 0.6) is 0 Å². The number of likely N-dealkylation sites (tertiary alicyclic amines) is 1. The molecule has 2 aliphatic rings. The lowest BCUT2D eigenvalue weighted by Crippen LogP contribution is -2.44. The zero-order valence-corrected chi connectivity index (χ0v) is 19.2. The molecular weight excluding hydrogens is 374 g/mol. The fraction of sp³-hybridized carbons (Fsp3) is 0.739. The van der Waals surface area contributed by atoms with Crippen LogP contribution in [0.4, 0.5) is 5.82 Å². The highest BCUT2D eigenvalue weighted by Gasteiger charge is 2.17. The molecule has 3 rings (SSSR count). The number of rotatable bonds is 8. The van der Waals surface area contributed by atoms with Gasteiger partial charge < -0.3 is 25.3 Å². The molecule has 30 heavy (non-hydrogen) atoms. The Morgan fingerprint density at radius 2 is 1.97 bits per heavy atom. The van der Waals surface area contributed by atoms with Crippen LogP contribution in [0.3, 0.4) is 0 Å². The molecule has 1 unspecified atom stereocenters. The first kappa shape index (κ1) is 22.8. The summed E-state index contributed by atoms with van der Waals surface area (Å²) >= 11 is 0. The van der Waals surface area contributed by atoms with Gasteiger partial charge in [-0.05, 0) is 58.3 Å². The molecule has 7 heteroatoms. The fourth-order valence-corrected chi connectivity index (χ4v) is 4.22. The summed E-state index contributed by atoms with van der Waals surface area (Å²) in [4.78, 5) is 16.8. The molecule has 0 aliphatic carbocycles. The number of guanidine groups is 1. The van der Waals surface area contributed by atoms with E-state index >= 15 is 0 Å². The lowest BCUT2D eigenvalue weighted by Gasteiger charge is -2.33. The summed E-state index contributed by atoms with van der Waals surface area (Å²) in [6, 6.07) is 5.03. The molecule has 0 radical (unpaired) electrons. The third-order valence-corrected chi connectivity index (χ3v) is 6.26. The molecule has 1 aromatic heterocycles. The number of nitrogens with zero attached hydrogens (tertiary/aromatic N) is 5. The first-order valence-corrected chi connectivity index (χ1v) is 11.8. The molecule has 168 valence electrons. The maximum absolute atomic E-state index is 4.76. The molecule has 1 atom stereocenters. The van der Waals surface area contributed by atoms with Gasteiger partial charge in [-0.3, -0.25) is 0 Å². The zero-order valence-electron chi connectivity index (χ0n) is 19.2. The number of piperazine rings is 1. The second-order valence-electron chi connectivity index (χ2n) is 8.67. The summed E-state index contributed by atoms with van der Waals surface area (Å²) in [7, 11) is 2.18. The monoisotopic (exact) mass is 415 g/mol. The Balaban J connectivity index is 1.43. The molecule has 2 N–H and O–H groups in total. The van der Waals surface area contributed by atoms with Crippen LogP contribution in [0.15, 0.2) is 23.3 Å². The Bertz CT molecular complexity index is 637. The van der Waals surface area contributed by atoms with E-state index in [0.717, 1.165) is 69.1 Å². The fourth-order valence-electron chi connectivity index (χ4n) is 4.22. The van der Waals surface area contributed by atoms with E-state index in [-0.39, 0.29) is 0 Å². The number of likely N-dealkylation sites (N-methyl/N-ethyl adjacent to an activating group) is 1. The number of hydrogen-bond acceptors (Lipinski definition) is 5. The maximum Gasteiger partial charge on any atom is 0.191 e. The molecule has 0 aromatic carbocycles.